The number of nitrogens with zero attached hydrogens (tertiary/aromatic N) is 1. The summed E-state index contributed by atoms with van der Waals surface area (Å²) in [7, 11) is -2.95. The van der Waals surface area contributed by atoms with Gasteiger partial charge in [-0.3, -0.25) is 0 Å². The Labute approximate surface area is 90.7 Å². The molecule has 15 heavy (non-hydrogen) atoms. The highest BCUT2D eigenvalue weighted by Gasteiger charge is 2.28. The predicted octanol–water partition coefficient (Wildman–Crippen LogP) is 0.225. The van der Waals surface area contributed by atoms with Gasteiger partial charge in [-0.05, 0) is 19.8 Å². The van der Waals surface area contributed by atoms with Gasteiger partial charge in [-0.25, -0.2) is 13.2 Å². The smallest absolute Gasteiger partial charge is 0.317 e. The highest BCUT2D eigenvalue weighted by atomic mass is 32.2. The van der Waals surface area contributed by atoms with Crippen LogP contribution in [-0.2, 0) is 9.84 Å². The minimum atomic E-state index is -2.95. The number of piperidine rings is 1. The zero-order valence-corrected chi connectivity index (χ0v) is 10.0. The number of hydrogen-bond donors (Lipinski definition) is 1. The topological polar surface area (TPSA) is 66.5 Å². The average molecular weight is 234 g/mol. The van der Waals surface area contributed by atoms with E-state index in [0.29, 0.717) is 32.5 Å². The van der Waals surface area contributed by atoms with Crippen LogP contribution in [-0.4, -0.2) is 50.5 Å². The SMILES string of the molecule is CCNC(=O)N1CCC(S(C)(=O)=O)CC1. The molecule has 0 atom stereocenters. The zero-order valence-electron chi connectivity index (χ0n) is 9.19. The molecule has 0 aliphatic carbocycles. The Morgan fingerprint density at radius 1 is 1.40 bits per heavy atom. The highest BCUT2D eigenvalue weighted by molar-refractivity contribution is 7.91. The van der Waals surface area contributed by atoms with Gasteiger partial charge in [-0.15, -0.1) is 0 Å². The molecule has 0 aromatic heterocycles. The van der Waals surface area contributed by atoms with Crippen LogP contribution in [0.3, 0.4) is 0 Å². The lowest BCUT2D eigenvalue weighted by Gasteiger charge is -2.30. The molecule has 0 bridgehead atoms. The van der Waals surface area contributed by atoms with Crippen molar-refractivity contribution in [2.75, 3.05) is 25.9 Å². The van der Waals surface area contributed by atoms with Crippen LogP contribution in [0.25, 0.3) is 0 Å². The molecule has 1 fully saturated rings. The van der Waals surface area contributed by atoms with E-state index in [2.05, 4.69) is 5.32 Å². The van der Waals surface area contributed by atoms with E-state index in [9.17, 15) is 13.2 Å². The fourth-order valence-electron chi connectivity index (χ4n) is 1.75. The standard InChI is InChI=1S/C9H18N2O3S/c1-3-10-9(12)11-6-4-8(5-7-11)15(2,13)14/h8H,3-7H2,1-2H3,(H,10,12). The van der Waals surface area contributed by atoms with E-state index in [4.69, 9.17) is 0 Å². The number of hydrogen-bond acceptors (Lipinski definition) is 3. The number of likely N-dealkylation sites (tertiary alicyclic amines) is 1. The summed E-state index contributed by atoms with van der Waals surface area (Å²) in [6, 6.07) is -0.0931. The first-order valence-electron chi connectivity index (χ1n) is 5.16. The Morgan fingerprint density at radius 2 is 1.93 bits per heavy atom. The Hall–Kier alpha value is -0.780. The molecule has 0 radical (unpaired) electrons. The molecule has 0 unspecified atom stereocenters. The summed E-state index contributed by atoms with van der Waals surface area (Å²) in [4.78, 5) is 13.1. The lowest BCUT2D eigenvalue weighted by atomic mass is 10.1. The first kappa shape index (κ1) is 12.3. The van der Waals surface area contributed by atoms with Crippen molar-refractivity contribution in [1.29, 1.82) is 0 Å². The van der Waals surface area contributed by atoms with Crippen LogP contribution in [0.15, 0.2) is 0 Å². The van der Waals surface area contributed by atoms with Gasteiger partial charge in [-0.2, -0.15) is 0 Å². The van der Waals surface area contributed by atoms with Crippen LogP contribution in [0.4, 0.5) is 4.79 Å². The molecule has 1 heterocycles. The first-order chi connectivity index (χ1) is 6.95. The second-order valence-electron chi connectivity index (χ2n) is 3.85. The van der Waals surface area contributed by atoms with E-state index >= 15 is 0 Å². The van der Waals surface area contributed by atoms with Crippen molar-refractivity contribution in [3.8, 4) is 0 Å². The second kappa shape index (κ2) is 4.83. The van der Waals surface area contributed by atoms with E-state index in [1.807, 2.05) is 6.92 Å². The van der Waals surface area contributed by atoms with E-state index in [-0.39, 0.29) is 11.3 Å². The first-order valence-corrected chi connectivity index (χ1v) is 7.12. The number of rotatable bonds is 2. The maximum Gasteiger partial charge on any atom is 0.317 e. The molecule has 88 valence electrons. The number of carbonyl (C=O) groups is 1. The molecule has 0 aromatic rings. The molecule has 1 aliphatic heterocycles. The van der Waals surface area contributed by atoms with E-state index in [1.165, 1.54) is 6.26 Å². The molecule has 0 aromatic carbocycles. The van der Waals surface area contributed by atoms with Crippen molar-refractivity contribution in [2.24, 2.45) is 0 Å². The summed E-state index contributed by atoms with van der Waals surface area (Å²) in [5.41, 5.74) is 0. The van der Waals surface area contributed by atoms with E-state index in [1.54, 1.807) is 4.90 Å². The fourth-order valence-corrected chi connectivity index (χ4v) is 2.82. The minimum Gasteiger partial charge on any atom is -0.338 e. The van der Waals surface area contributed by atoms with Crippen LogP contribution >= 0.6 is 0 Å². The van der Waals surface area contributed by atoms with Gasteiger partial charge in [0.25, 0.3) is 0 Å². The lowest BCUT2D eigenvalue weighted by molar-refractivity contribution is 0.187. The molecular formula is C9H18N2O3S. The summed E-state index contributed by atoms with van der Waals surface area (Å²) in [6.07, 6.45) is 2.37. The molecule has 0 spiro atoms. The molecule has 6 heteroatoms. The van der Waals surface area contributed by atoms with Crippen molar-refractivity contribution < 1.29 is 13.2 Å². The Balaban J connectivity index is 2.46. The molecular weight excluding hydrogens is 216 g/mol. The van der Waals surface area contributed by atoms with Crippen LogP contribution in [0, 0.1) is 0 Å². The summed E-state index contributed by atoms with van der Waals surface area (Å²) in [5.74, 6) is 0. The van der Waals surface area contributed by atoms with Gasteiger partial charge in [0, 0.05) is 25.9 Å². The summed E-state index contributed by atoms with van der Waals surface area (Å²) >= 11 is 0. The van der Waals surface area contributed by atoms with Gasteiger partial charge in [0.05, 0.1) is 5.25 Å². The maximum absolute atomic E-state index is 11.4. The van der Waals surface area contributed by atoms with Crippen molar-refractivity contribution in [3.63, 3.8) is 0 Å². The number of carbonyl (C=O) groups excluding carboxylic acids is 1. The Kier molecular flexibility index (Phi) is 3.96. The minimum absolute atomic E-state index is 0.0931. The third kappa shape index (κ3) is 3.37. The van der Waals surface area contributed by atoms with Crippen molar-refractivity contribution in [1.82, 2.24) is 10.2 Å². The lowest BCUT2D eigenvalue weighted by Crippen LogP contribution is -2.46. The average Bonchev–Trinajstić information content (AvgIpc) is 2.17. The van der Waals surface area contributed by atoms with Crippen LogP contribution in [0.2, 0.25) is 0 Å². The van der Waals surface area contributed by atoms with Crippen LogP contribution in [0.5, 0.6) is 0 Å². The number of urea groups is 1. The van der Waals surface area contributed by atoms with Crippen LogP contribution in [0.1, 0.15) is 19.8 Å². The third-order valence-corrected chi connectivity index (χ3v) is 4.35. The molecule has 1 aliphatic rings. The molecule has 1 saturated heterocycles. The van der Waals surface area contributed by atoms with Gasteiger partial charge in [-0.1, -0.05) is 0 Å². The molecule has 0 saturated carbocycles. The van der Waals surface area contributed by atoms with Gasteiger partial charge < -0.3 is 10.2 Å². The second-order valence-corrected chi connectivity index (χ2v) is 6.18. The normalized spacial score (nSPS) is 18.9. The molecule has 5 nitrogen and oxygen atoms in total. The monoisotopic (exact) mass is 234 g/mol. The third-order valence-electron chi connectivity index (χ3n) is 2.66. The Bertz CT molecular complexity index is 318. The van der Waals surface area contributed by atoms with E-state index in [0.717, 1.165) is 0 Å². The predicted molar refractivity (Wildman–Crippen MR) is 58.5 cm³/mol. The van der Waals surface area contributed by atoms with Gasteiger partial charge in [0.1, 0.15) is 9.84 Å². The zero-order chi connectivity index (χ0) is 11.5. The Morgan fingerprint density at radius 3 is 2.33 bits per heavy atom. The van der Waals surface area contributed by atoms with Crippen molar-refractivity contribution in [2.45, 2.75) is 25.0 Å². The molecule has 1 rings (SSSR count). The van der Waals surface area contributed by atoms with Crippen LogP contribution < -0.4 is 5.32 Å². The number of amides is 2. The summed E-state index contributed by atoms with van der Waals surface area (Å²) in [6.45, 7) is 3.53. The van der Waals surface area contributed by atoms with Crippen molar-refractivity contribution in [3.05, 3.63) is 0 Å². The largest absolute Gasteiger partial charge is 0.338 e. The fraction of sp³-hybridized carbons (Fsp3) is 0.889. The van der Waals surface area contributed by atoms with Gasteiger partial charge in [0.15, 0.2) is 0 Å². The summed E-state index contributed by atoms with van der Waals surface area (Å²) in [5, 5.41) is 2.43. The van der Waals surface area contributed by atoms with Crippen molar-refractivity contribution >= 4 is 15.9 Å². The number of nitrogens with one attached hydrogen (secondary N) is 1. The number of sulfone groups is 1. The van der Waals surface area contributed by atoms with Gasteiger partial charge >= 0.3 is 6.03 Å². The maximum atomic E-state index is 11.4. The van der Waals surface area contributed by atoms with Gasteiger partial charge in [0.2, 0.25) is 0 Å². The van der Waals surface area contributed by atoms with E-state index < -0.39 is 9.84 Å². The highest BCUT2D eigenvalue weighted by Crippen LogP contribution is 2.16. The quantitative estimate of drug-likeness (QED) is 0.743. The summed E-state index contributed by atoms with van der Waals surface area (Å²) < 4.78 is 22.5. The molecule has 2 amide bonds. The molecule has 1 N–H and O–H groups in total.